The number of thiocarbonyl (C=S) groups is 1. The monoisotopic (exact) mass is 256 g/mol. The van der Waals surface area contributed by atoms with Crippen LogP contribution in [0.1, 0.15) is 25.6 Å². The van der Waals surface area contributed by atoms with Crippen molar-refractivity contribution in [3.63, 3.8) is 0 Å². The van der Waals surface area contributed by atoms with Crippen molar-refractivity contribution in [2.24, 2.45) is 5.73 Å². The van der Waals surface area contributed by atoms with Crippen molar-refractivity contribution in [2.75, 3.05) is 19.5 Å². The summed E-state index contributed by atoms with van der Waals surface area (Å²) in [5.41, 5.74) is 5.86. The van der Waals surface area contributed by atoms with E-state index in [1.165, 1.54) is 14.2 Å². The van der Waals surface area contributed by atoms with Crippen LogP contribution in [0.25, 0.3) is 0 Å². The number of anilines is 1. The molecule has 0 amide bonds. The molecule has 1 aromatic rings. The highest BCUT2D eigenvalue weighted by atomic mass is 32.1. The van der Waals surface area contributed by atoms with E-state index < -0.39 is 0 Å². The van der Waals surface area contributed by atoms with Crippen molar-refractivity contribution >= 4 is 23.0 Å². The number of hydrogen-bond donors (Lipinski definition) is 2. The number of nitrogens with zero attached hydrogens (tertiary/aromatic N) is 2. The smallest absolute Gasteiger partial charge is 0.245 e. The summed E-state index contributed by atoms with van der Waals surface area (Å²) < 4.78 is 10.3. The second-order valence-corrected chi connectivity index (χ2v) is 4.06. The lowest BCUT2D eigenvalue weighted by molar-refractivity contribution is 0.371. The number of methoxy groups -OCH3 is 2. The Morgan fingerprint density at radius 2 is 1.71 bits per heavy atom. The zero-order valence-corrected chi connectivity index (χ0v) is 11.1. The molecule has 0 radical (unpaired) electrons. The molecule has 1 heterocycles. The molecule has 0 saturated heterocycles. The van der Waals surface area contributed by atoms with E-state index in [1.807, 2.05) is 13.8 Å². The Morgan fingerprint density at radius 1 is 1.24 bits per heavy atom. The first-order chi connectivity index (χ1) is 7.99. The Hall–Kier alpha value is -1.63. The lowest BCUT2D eigenvalue weighted by Crippen LogP contribution is -2.21. The third-order valence-corrected chi connectivity index (χ3v) is 2.11. The molecule has 0 aromatic carbocycles. The number of nitrogens with one attached hydrogen (secondary N) is 1. The minimum Gasteiger partial charge on any atom is -0.479 e. The normalized spacial score (nSPS) is 10.2. The lowest BCUT2D eigenvalue weighted by Gasteiger charge is -2.14. The van der Waals surface area contributed by atoms with Crippen molar-refractivity contribution in [2.45, 2.75) is 19.8 Å². The van der Waals surface area contributed by atoms with Gasteiger partial charge in [0.15, 0.2) is 10.8 Å². The van der Waals surface area contributed by atoms with Crippen LogP contribution in [-0.4, -0.2) is 29.3 Å². The Morgan fingerprint density at radius 3 is 2.00 bits per heavy atom. The maximum absolute atomic E-state index is 5.42. The second kappa shape index (κ2) is 5.62. The molecule has 0 spiro atoms. The number of hydrogen-bond acceptors (Lipinski definition) is 5. The molecule has 7 heteroatoms. The first-order valence-electron chi connectivity index (χ1n) is 5.06. The lowest BCUT2D eigenvalue weighted by atomic mass is 10.2. The molecule has 0 aliphatic heterocycles. The molecule has 94 valence electrons. The fraction of sp³-hybridized carbons (Fsp3) is 0.500. The Bertz CT molecular complexity index is 398. The molecule has 0 saturated carbocycles. The van der Waals surface area contributed by atoms with Gasteiger partial charge in [0, 0.05) is 5.92 Å². The van der Waals surface area contributed by atoms with Crippen LogP contribution in [0.15, 0.2) is 0 Å². The largest absolute Gasteiger partial charge is 0.479 e. The molecule has 17 heavy (non-hydrogen) atoms. The Labute approximate surface area is 106 Å². The third kappa shape index (κ3) is 3.16. The van der Waals surface area contributed by atoms with Crippen LogP contribution in [0.3, 0.4) is 0 Å². The predicted octanol–water partition coefficient (Wildman–Crippen LogP) is 1.27. The maximum Gasteiger partial charge on any atom is 0.245 e. The third-order valence-electron chi connectivity index (χ3n) is 2.01. The standard InChI is InChI=1S/C10H16N4O2S/c1-5(2)7-13-8(15-3)6(12-10(11)17)9(14-7)16-4/h5H,1-4H3,(H3,11,12,17). The van der Waals surface area contributed by atoms with E-state index in [-0.39, 0.29) is 11.0 Å². The minimum atomic E-state index is 0.0995. The molecule has 1 aromatic heterocycles. The molecular weight excluding hydrogens is 240 g/mol. The molecular formula is C10H16N4O2S. The molecule has 0 fully saturated rings. The summed E-state index contributed by atoms with van der Waals surface area (Å²) in [6, 6.07) is 0. The van der Waals surface area contributed by atoms with Gasteiger partial charge in [0.05, 0.1) is 14.2 Å². The summed E-state index contributed by atoms with van der Waals surface area (Å²) >= 11 is 4.78. The van der Waals surface area contributed by atoms with Gasteiger partial charge >= 0.3 is 0 Å². The number of rotatable bonds is 4. The Balaban J connectivity index is 3.30. The van der Waals surface area contributed by atoms with E-state index in [4.69, 9.17) is 27.4 Å². The van der Waals surface area contributed by atoms with Gasteiger partial charge in [-0.15, -0.1) is 0 Å². The summed E-state index contributed by atoms with van der Waals surface area (Å²) in [5.74, 6) is 1.51. The van der Waals surface area contributed by atoms with E-state index in [9.17, 15) is 0 Å². The van der Waals surface area contributed by atoms with Crippen LogP contribution in [0.4, 0.5) is 5.69 Å². The van der Waals surface area contributed by atoms with Gasteiger partial charge in [-0.2, -0.15) is 9.97 Å². The average molecular weight is 256 g/mol. The number of ether oxygens (including phenoxy) is 2. The van der Waals surface area contributed by atoms with Crippen molar-refractivity contribution in [3.05, 3.63) is 5.82 Å². The molecule has 0 bridgehead atoms. The Kier molecular flexibility index (Phi) is 4.45. The van der Waals surface area contributed by atoms with Gasteiger partial charge in [0.2, 0.25) is 11.8 Å². The van der Waals surface area contributed by atoms with Gasteiger partial charge in [-0.05, 0) is 12.2 Å². The average Bonchev–Trinajstić information content (AvgIpc) is 2.28. The van der Waals surface area contributed by atoms with E-state index in [2.05, 4.69) is 15.3 Å². The summed E-state index contributed by atoms with van der Waals surface area (Å²) in [6.07, 6.45) is 0. The molecule has 1 rings (SSSR count). The van der Waals surface area contributed by atoms with Crippen molar-refractivity contribution in [1.29, 1.82) is 0 Å². The molecule has 0 atom stereocenters. The van der Waals surface area contributed by atoms with Crippen LogP contribution in [-0.2, 0) is 0 Å². The van der Waals surface area contributed by atoms with Crippen LogP contribution >= 0.6 is 12.2 Å². The quantitative estimate of drug-likeness (QED) is 0.785. The molecule has 6 nitrogen and oxygen atoms in total. The van der Waals surface area contributed by atoms with E-state index in [1.54, 1.807) is 0 Å². The number of aromatic nitrogens is 2. The van der Waals surface area contributed by atoms with E-state index >= 15 is 0 Å². The first-order valence-corrected chi connectivity index (χ1v) is 5.46. The van der Waals surface area contributed by atoms with Gasteiger partial charge in [-0.1, -0.05) is 13.8 Å². The maximum atomic E-state index is 5.42. The summed E-state index contributed by atoms with van der Waals surface area (Å²) in [5, 5.41) is 2.84. The van der Waals surface area contributed by atoms with Crippen LogP contribution in [0.2, 0.25) is 0 Å². The summed E-state index contributed by atoms with van der Waals surface area (Å²) in [4.78, 5) is 8.52. The fourth-order valence-corrected chi connectivity index (χ4v) is 1.32. The molecule has 0 aliphatic rings. The topological polar surface area (TPSA) is 82.3 Å². The highest BCUT2D eigenvalue weighted by molar-refractivity contribution is 7.80. The van der Waals surface area contributed by atoms with Crippen LogP contribution < -0.4 is 20.5 Å². The van der Waals surface area contributed by atoms with Crippen LogP contribution in [0.5, 0.6) is 11.8 Å². The first kappa shape index (κ1) is 13.4. The number of nitrogens with two attached hydrogens (primary N) is 1. The van der Waals surface area contributed by atoms with Gasteiger partial charge in [0.25, 0.3) is 0 Å². The molecule has 0 aliphatic carbocycles. The van der Waals surface area contributed by atoms with E-state index in [0.29, 0.717) is 23.3 Å². The predicted molar refractivity (Wildman–Crippen MR) is 69.6 cm³/mol. The second-order valence-electron chi connectivity index (χ2n) is 3.62. The SMILES string of the molecule is COc1nc(C(C)C)nc(OC)c1NC(N)=S. The molecule has 3 N–H and O–H groups in total. The van der Waals surface area contributed by atoms with Gasteiger partial charge < -0.3 is 20.5 Å². The summed E-state index contributed by atoms with van der Waals surface area (Å²) in [6.45, 7) is 3.96. The molecule has 0 unspecified atom stereocenters. The minimum absolute atomic E-state index is 0.0995. The highest BCUT2D eigenvalue weighted by Crippen LogP contribution is 2.32. The van der Waals surface area contributed by atoms with Crippen molar-refractivity contribution in [1.82, 2.24) is 9.97 Å². The zero-order chi connectivity index (χ0) is 13.0. The van der Waals surface area contributed by atoms with Gasteiger partial charge in [-0.3, -0.25) is 0 Å². The zero-order valence-electron chi connectivity index (χ0n) is 10.3. The van der Waals surface area contributed by atoms with Crippen LogP contribution in [0, 0.1) is 0 Å². The summed E-state index contributed by atoms with van der Waals surface area (Å²) in [7, 11) is 3.02. The van der Waals surface area contributed by atoms with Gasteiger partial charge in [0.1, 0.15) is 5.82 Å². The van der Waals surface area contributed by atoms with Gasteiger partial charge in [-0.25, -0.2) is 0 Å². The van der Waals surface area contributed by atoms with E-state index in [0.717, 1.165) is 0 Å². The van der Waals surface area contributed by atoms with Crippen molar-refractivity contribution < 1.29 is 9.47 Å². The van der Waals surface area contributed by atoms with Crippen molar-refractivity contribution in [3.8, 4) is 11.8 Å². The fourth-order valence-electron chi connectivity index (χ4n) is 1.22. The highest BCUT2D eigenvalue weighted by Gasteiger charge is 2.17.